The second kappa shape index (κ2) is 3.76. The summed E-state index contributed by atoms with van der Waals surface area (Å²) >= 11 is 5.41. The van der Waals surface area contributed by atoms with E-state index in [1.165, 1.54) is 12.3 Å². The molecule has 0 saturated heterocycles. The first-order chi connectivity index (χ1) is 6.45. The SMILES string of the molecule is N#CNc1ccc(Cl)cc1C(F)(F)F. The van der Waals surface area contributed by atoms with Gasteiger partial charge in [-0.15, -0.1) is 0 Å². The van der Waals surface area contributed by atoms with Crippen molar-refractivity contribution < 1.29 is 13.2 Å². The molecule has 0 bridgehead atoms. The number of hydrogen-bond donors (Lipinski definition) is 1. The number of nitriles is 1. The highest BCUT2D eigenvalue weighted by molar-refractivity contribution is 6.30. The Labute approximate surface area is 82.9 Å². The van der Waals surface area contributed by atoms with Crippen LogP contribution in [0, 0.1) is 11.5 Å². The normalized spacial score (nSPS) is 10.8. The van der Waals surface area contributed by atoms with Crippen molar-refractivity contribution in [3.63, 3.8) is 0 Å². The van der Waals surface area contributed by atoms with E-state index in [-0.39, 0.29) is 10.7 Å². The monoisotopic (exact) mass is 220 g/mol. The standard InChI is InChI=1S/C8H4ClF3N2/c9-5-1-2-7(14-4-13)6(3-5)8(10,11)12/h1-3,14H. The summed E-state index contributed by atoms with van der Waals surface area (Å²) in [6.45, 7) is 0. The zero-order chi connectivity index (χ0) is 10.8. The number of alkyl halides is 3. The summed E-state index contributed by atoms with van der Waals surface area (Å²) in [5.74, 6) is 0. The van der Waals surface area contributed by atoms with Gasteiger partial charge < -0.3 is 0 Å². The molecular weight excluding hydrogens is 217 g/mol. The van der Waals surface area contributed by atoms with Gasteiger partial charge in [0.05, 0.1) is 11.3 Å². The van der Waals surface area contributed by atoms with Gasteiger partial charge in [-0.1, -0.05) is 11.6 Å². The summed E-state index contributed by atoms with van der Waals surface area (Å²) in [5.41, 5.74) is -1.25. The highest BCUT2D eigenvalue weighted by atomic mass is 35.5. The first kappa shape index (κ1) is 10.7. The lowest BCUT2D eigenvalue weighted by atomic mass is 10.1. The van der Waals surface area contributed by atoms with Crippen molar-refractivity contribution in [3.8, 4) is 6.19 Å². The number of anilines is 1. The molecule has 74 valence electrons. The number of benzene rings is 1. The minimum Gasteiger partial charge on any atom is -0.292 e. The van der Waals surface area contributed by atoms with Gasteiger partial charge in [0.2, 0.25) is 0 Å². The van der Waals surface area contributed by atoms with Crippen LogP contribution in [0.5, 0.6) is 0 Å². The van der Waals surface area contributed by atoms with Crippen LogP contribution in [-0.2, 0) is 6.18 Å². The molecule has 14 heavy (non-hydrogen) atoms. The highest BCUT2D eigenvalue weighted by Crippen LogP contribution is 2.36. The lowest BCUT2D eigenvalue weighted by Crippen LogP contribution is -2.08. The van der Waals surface area contributed by atoms with Crippen LogP contribution in [0.15, 0.2) is 18.2 Å². The van der Waals surface area contributed by atoms with Gasteiger partial charge in [0.15, 0.2) is 6.19 Å². The summed E-state index contributed by atoms with van der Waals surface area (Å²) in [7, 11) is 0. The van der Waals surface area contributed by atoms with Crippen LogP contribution in [-0.4, -0.2) is 0 Å². The molecule has 0 saturated carbocycles. The second-order valence-corrected chi connectivity index (χ2v) is 2.86. The molecule has 0 atom stereocenters. The third kappa shape index (κ3) is 2.30. The third-order valence-electron chi connectivity index (χ3n) is 1.48. The average Bonchev–Trinajstić information content (AvgIpc) is 2.07. The van der Waals surface area contributed by atoms with Crippen molar-refractivity contribution in [2.24, 2.45) is 0 Å². The van der Waals surface area contributed by atoms with Gasteiger partial charge in [0, 0.05) is 5.02 Å². The molecule has 1 rings (SSSR count). The Morgan fingerprint density at radius 1 is 1.36 bits per heavy atom. The molecule has 0 amide bonds. The van der Waals surface area contributed by atoms with Crippen LogP contribution in [0.4, 0.5) is 18.9 Å². The number of nitrogens with zero attached hydrogens (tertiary/aromatic N) is 1. The molecule has 0 unspecified atom stereocenters. The molecule has 0 aliphatic rings. The van der Waals surface area contributed by atoms with Crippen molar-refractivity contribution in [1.82, 2.24) is 0 Å². The van der Waals surface area contributed by atoms with Gasteiger partial charge in [0.1, 0.15) is 0 Å². The van der Waals surface area contributed by atoms with E-state index in [1.807, 2.05) is 5.32 Å². The second-order valence-electron chi connectivity index (χ2n) is 2.42. The Morgan fingerprint density at radius 2 is 2.00 bits per heavy atom. The maximum absolute atomic E-state index is 12.3. The Balaban J connectivity index is 3.24. The van der Waals surface area contributed by atoms with Gasteiger partial charge >= 0.3 is 6.18 Å². The molecule has 0 heterocycles. The maximum atomic E-state index is 12.3. The summed E-state index contributed by atoms with van der Waals surface area (Å²) in [6.07, 6.45) is -3.10. The Kier molecular flexibility index (Phi) is 2.87. The van der Waals surface area contributed by atoms with E-state index in [4.69, 9.17) is 16.9 Å². The Bertz CT molecular complexity index is 381. The molecule has 1 aromatic carbocycles. The summed E-state index contributed by atoms with van der Waals surface area (Å²) in [4.78, 5) is 0. The predicted octanol–water partition coefficient (Wildman–Crippen LogP) is 3.25. The molecule has 1 aromatic rings. The lowest BCUT2D eigenvalue weighted by Gasteiger charge is -2.11. The highest BCUT2D eigenvalue weighted by Gasteiger charge is 2.33. The quantitative estimate of drug-likeness (QED) is 0.583. The van der Waals surface area contributed by atoms with Crippen LogP contribution in [0.2, 0.25) is 5.02 Å². The molecular formula is C8H4ClF3N2. The van der Waals surface area contributed by atoms with Crippen LogP contribution in [0.3, 0.4) is 0 Å². The van der Waals surface area contributed by atoms with Gasteiger partial charge in [-0.05, 0) is 18.2 Å². The van der Waals surface area contributed by atoms with Gasteiger partial charge in [-0.2, -0.15) is 18.4 Å². The van der Waals surface area contributed by atoms with Crippen molar-refractivity contribution in [1.29, 1.82) is 5.26 Å². The molecule has 0 aromatic heterocycles. The lowest BCUT2D eigenvalue weighted by molar-refractivity contribution is -0.136. The molecule has 0 radical (unpaired) electrons. The Hall–Kier alpha value is -1.41. The minimum absolute atomic E-state index is 0.0270. The van der Waals surface area contributed by atoms with Crippen LogP contribution in [0.25, 0.3) is 0 Å². The third-order valence-corrected chi connectivity index (χ3v) is 1.71. The van der Waals surface area contributed by atoms with E-state index in [0.29, 0.717) is 0 Å². The molecule has 2 nitrogen and oxygen atoms in total. The largest absolute Gasteiger partial charge is 0.418 e. The van der Waals surface area contributed by atoms with Crippen LogP contribution in [0.1, 0.15) is 5.56 Å². The van der Waals surface area contributed by atoms with E-state index < -0.39 is 11.7 Å². The van der Waals surface area contributed by atoms with Crippen molar-refractivity contribution in [2.45, 2.75) is 6.18 Å². The van der Waals surface area contributed by atoms with Crippen LogP contribution < -0.4 is 5.32 Å². The molecule has 6 heteroatoms. The predicted molar refractivity (Wildman–Crippen MR) is 45.7 cm³/mol. The van der Waals surface area contributed by atoms with Crippen molar-refractivity contribution >= 4 is 17.3 Å². The van der Waals surface area contributed by atoms with Crippen molar-refractivity contribution in [3.05, 3.63) is 28.8 Å². The van der Waals surface area contributed by atoms with E-state index >= 15 is 0 Å². The fourth-order valence-electron chi connectivity index (χ4n) is 0.920. The summed E-state index contributed by atoms with van der Waals surface area (Å²) in [6, 6.07) is 3.14. The van der Waals surface area contributed by atoms with Gasteiger partial charge in [0.25, 0.3) is 0 Å². The van der Waals surface area contributed by atoms with Crippen LogP contribution >= 0.6 is 11.6 Å². The van der Waals surface area contributed by atoms with Gasteiger partial charge in [-0.25, -0.2) is 0 Å². The van der Waals surface area contributed by atoms with Crippen molar-refractivity contribution in [2.75, 3.05) is 5.32 Å². The maximum Gasteiger partial charge on any atom is 0.418 e. The zero-order valence-corrected chi connectivity index (χ0v) is 7.45. The number of halogens is 4. The van der Waals surface area contributed by atoms with E-state index in [0.717, 1.165) is 12.1 Å². The molecule has 0 fully saturated rings. The first-order valence-corrected chi connectivity index (χ1v) is 3.85. The smallest absolute Gasteiger partial charge is 0.292 e. The topological polar surface area (TPSA) is 35.8 Å². The molecule has 0 aliphatic carbocycles. The average molecular weight is 221 g/mol. The number of hydrogen-bond acceptors (Lipinski definition) is 2. The van der Waals surface area contributed by atoms with Gasteiger partial charge in [-0.3, -0.25) is 5.32 Å². The molecule has 0 aliphatic heterocycles. The van der Waals surface area contributed by atoms with E-state index in [9.17, 15) is 13.2 Å². The first-order valence-electron chi connectivity index (χ1n) is 3.47. The fraction of sp³-hybridized carbons (Fsp3) is 0.125. The zero-order valence-electron chi connectivity index (χ0n) is 6.69. The van der Waals surface area contributed by atoms with E-state index in [1.54, 1.807) is 0 Å². The summed E-state index contributed by atoms with van der Waals surface area (Å²) in [5, 5.41) is 10.1. The minimum atomic E-state index is -4.52. The van der Waals surface area contributed by atoms with E-state index in [2.05, 4.69) is 0 Å². The summed E-state index contributed by atoms with van der Waals surface area (Å²) < 4.78 is 37.0. The molecule has 1 N–H and O–H groups in total. The number of nitrogens with one attached hydrogen (secondary N) is 1. The Morgan fingerprint density at radius 3 is 2.50 bits per heavy atom. The molecule has 0 spiro atoms. The fourth-order valence-corrected chi connectivity index (χ4v) is 1.09. The number of rotatable bonds is 1.